The zero-order valence-electron chi connectivity index (χ0n) is 21.0. The van der Waals surface area contributed by atoms with Crippen LogP contribution in [0.5, 0.6) is 0 Å². The van der Waals surface area contributed by atoms with Gasteiger partial charge in [-0.1, -0.05) is 0 Å². The van der Waals surface area contributed by atoms with Crippen molar-refractivity contribution in [3.05, 3.63) is 42.1 Å². The molecule has 0 N–H and O–H groups in total. The molecule has 2 aliphatic heterocycles. The maximum atomic E-state index is 12.3. The Bertz CT molecular complexity index is 1240. The molecule has 0 aliphatic carbocycles. The van der Waals surface area contributed by atoms with Crippen molar-refractivity contribution in [1.29, 1.82) is 0 Å². The highest BCUT2D eigenvalue weighted by Crippen LogP contribution is 2.31. The predicted octanol–water partition coefficient (Wildman–Crippen LogP) is 3.55. The van der Waals surface area contributed by atoms with E-state index in [0.717, 1.165) is 41.9 Å². The van der Waals surface area contributed by atoms with Crippen molar-refractivity contribution in [2.75, 3.05) is 44.3 Å². The number of nitrogens with zero attached hydrogens (tertiary/aromatic N) is 6. The van der Waals surface area contributed by atoms with E-state index in [9.17, 15) is 9.59 Å². The van der Waals surface area contributed by atoms with Crippen LogP contribution in [0.3, 0.4) is 0 Å². The molecule has 5 rings (SSSR count). The number of amides is 1. The standard InChI is InChI=1S/C26H32N6O4/c1-26(2,3)36-25(34)31-10-8-30(9-11-31)22-5-4-19(14-27-22)21-15-28-23(18-6-12-35-13-7-18)24-29-20(17-33)16-32(21)24/h4-5,14-18H,6-13H2,1-3H3. The molecule has 0 spiro atoms. The zero-order valence-corrected chi connectivity index (χ0v) is 21.0. The smallest absolute Gasteiger partial charge is 0.410 e. The van der Waals surface area contributed by atoms with E-state index in [2.05, 4.69) is 9.88 Å². The first-order valence-corrected chi connectivity index (χ1v) is 12.4. The summed E-state index contributed by atoms with van der Waals surface area (Å²) in [6.45, 7) is 9.56. The van der Waals surface area contributed by atoms with Crippen LogP contribution in [0.15, 0.2) is 30.7 Å². The first-order valence-electron chi connectivity index (χ1n) is 12.4. The number of ether oxygens (including phenoxy) is 2. The van der Waals surface area contributed by atoms with E-state index in [-0.39, 0.29) is 12.0 Å². The van der Waals surface area contributed by atoms with E-state index in [0.29, 0.717) is 50.7 Å². The Morgan fingerprint density at radius 1 is 1.08 bits per heavy atom. The van der Waals surface area contributed by atoms with Gasteiger partial charge < -0.3 is 19.3 Å². The fourth-order valence-electron chi connectivity index (χ4n) is 4.71. The number of anilines is 1. The van der Waals surface area contributed by atoms with Gasteiger partial charge in [0, 0.05) is 63.3 Å². The molecule has 0 radical (unpaired) electrons. The van der Waals surface area contributed by atoms with Crippen LogP contribution in [0.4, 0.5) is 10.6 Å². The number of piperazine rings is 1. The number of fused-ring (bicyclic) bond motifs is 1. The largest absolute Gasteiger partial charge is 0.444 e. The van der Waals surface area contributed by atoms with Crippen molar-refractivity contribution >= 4 is 23.8 Å². The Morgan fingerprint density at radius 3 is 2.47 bits per heavy atom. The van der Waals surface area contributed by atoms with Gasteiger partial charge in [0.25, 0.3) is 0 Å². The van der Waals surface area contributed by atoms with Crippen LogP contribution in [-0.2, 0) is 9.47 Å². The minimum absolute atomic E-state index is 0.261. The molecule has 10 heteroatoms. The van der Waals surface area contributed by atoms with Crippen LogP contribution < -0.4 is 4.90 Å². The number of aromatic nitrogens is 4. The van der Waals surface area contributed by atoms with E-state index in [1.807, 2.05) is 49.7 Å². The number of imidazole rings is 1. The highest BCUT2D eigenvalue weighted by atomic mass is 16.6. The van der Waals surface area contributed by atoms with Crippen molar-refractivity contribution in [2.24, 2.45) is 0 Å². The third kappa shape index (κ3) is 5.04. The van der Waals surface area contributed by atoms with Crippen molar-refractivity contribution < 1.29 is 19.1 Å². The lowest BCUT2D eigenvalue weighted by atomic mass is 9.96. The fourth-order valence-corrected chi connectivity index (χ4v) is 4.71. The highest BCUT2D eigenvalue weighted by Gasteiger charge is 2.27. The van der Waals surface area contributed by atoms with Crippen LogP contribution in [0, 0.1) is 0 Å². The average Bonchev–Trinajstić information content (AvgIpc) is 3.33. The maximum Gasteiger partial charge on any atom is 0.410 e. The third-order valence-electron chi connectivity index (χ3n) is 6.57. The van der Waals surface area contributed by atoms with Gasteiger partial charge >= 0.3 is 6.09 Å². The lowest BCUT2D eigenvalue weighted by Crippen LogP contribution is -2.50. The summed E-state index contributed by atoms with van der Waals surface area (Å²) in [6.07, 6.45) is 7.69. The van der Waals surface area contributed by atoms with Gasteiger partial charge in [0.15, 0.2) is 11.9 Å². The Balaban J connectivity index is 1.34. The number of carbonyl (C=O) groups is 2. The first kappa shape index (κ1) is 24.2. The number of carbonyl (C=O) groups excluding carboxylic acids is 2. The molecule has 190 valence electrons. The maximum absolute atomic E-state index is 12.3. The summed E-state index contributed by atoms with van der Waals surface area (Å²) in [4.78, 5) is 41.8. The molecule has 3 aromatic rings. The van der Waals surface area contributed by atoms with Gasteiger partial charge in [-0.15, -0.1) is 0 Å². The van der Waals surface area contributed by atoms with Crippen LogP contribution in [-0.4, -0.2) is 81.6 Å². The van der Waals surface area contributed by atoms with Crippen LogP contribution in [0.1, 0.15) is 55.7 Å². The molecule has 1 amide bonds. The van der Waals surface area contributed by atoms with Gasteiger partial charge in [-0.25, -0.2) is 14.8 Å². The number of aldehydes is 1. The number of rotatable bonds is 4. The summed E-state index contributed by atoms with van der Waals surface area (Å²) >= 11 is 0. The van der Waals surface area contributed by atoms with E-state index in [4.69, 9.17) is 19.4 Å². The molecule has 36 heavy (non-hydrogen) atoms. The molecule has 2 saturated heterocycles. The second kappa shape index (κ2) is 9.85. The van der Waals surface area contributed by atoms with Gasteiger partial charge in [0.05, 0.1) is 17.6 Å². The third-order valence-corrected chi connectivity index (χ3v) is 6.57. The molecule has 0 saturated carbocycles. The van der Waals surface area contributed by atoms with Crippen molar-refractivity contribution in [3.8, 4) is 11.3 Å². The summed E-state index contributed by atoms with van der Waals surface area (Å²) in [6, 6.07) is 3.99. The second-order valence-electron chi connectivity index (χ2n) is 10.3. The summed E-state index contributed by atoms with van der Waals surface area (Å²) in [5, 5.41) is 0. The fraction of sp³-hybridized carbons (Fsp3) is 0.500. The summed E-state index contributed by atoms with van der Waals surface area (Å²) < 4.78 is 12.9. The molecule has 5 heterocycles. The number of pyridine rings is 1. The summed E-state index contributed by atoms with van der Waals surface area (Å²) in [5.41, 5.74) is 3.21. The van der Waals surface area contributed by atoms with E-state index in [1.165, 1.54) is 0 Å². The Morgan fingerprint density at radius 2 is 1.83 bits per heavy atom. The Kier molecular flexibility index (Phi) is 6.61. The predicted molar refractivity (Wildman–Crippen MR) is 134 cm³/mol. The summed E-state index contributed by atoms with van der Waals surface area (Å²) in [7, 11) is 0. The SMILES string of the molecule is CC(C)(C)OC(=O)N1CCN(c2ccc(-c3cnc(C4CCOCC4)c4nc(C=O)cn34)cn2)CC1. The molecule has 0 unspecified atom stereocenters. The zero-order chi connectivity index (χ0) is 25.3. The molecule has 0 aromatic carbocycles. The molecular weight excluding hydrogens is 460 g/mol. The lowest BCUT2D eigenvalue weighted by Gasteiger charge is -2.36. The topological polar surface area (TPSA) is 102 Å². The van der Waals surface area contributed by atoms with E-state index < -0.39 is 5.60 Å². The Labute approximate surface area is 210 Å². The molecule has 0 atom stereocenters. The minimum Gasteiger partial charge on any atom is -0.444 e. The molecule has 2 aliphatic rings. The molecular formula is C26H32N6O4. The highest BCUT2D eigenvalue weighted by molar-refractivity contribution is 5.75. The van der Waals surface area contributed by atoms with E-state index in [1.54, 1.807) is 11.1 Å². The monoisotopic (exact) mass is 492 g/mol. The van der Waals surface area contributed by atoms with Gasteiger partial charge in [-0.05, 0) is 45.7 Å². The van der Waals surface area contributed by atoms with Crippen molar-refractivity contribution in [2.45, 2.75) is 45.1 Å². The van der Waals surface area contributed by atoms with Crippen LogP contribution in [0.25, 0.3) is 16.9 Å². The average molecular weight is 493 g/mol. The summed E-state index contributed by atoms with van der Waals surface area (Å²) in [5.74, 6) is 1.11. The Hall–Kier alpha value is -3.53. The molecule has 10 nitrogen and oxygen atoms in total. The van der Waals surface area contributed by atoms with Crippen LogP contribution >= 0.6 is 0 Å². The minimum atomic E-state index is -0.503. The number of hydrogen-bond donors (Lipinski definition) is 0. The molecule has 2 fully saturated rings. The van der Waals surface area contributed by atoms with Crippen molar-refractivity contribution in [3.63, 3.8) is 0 Å². The first-order chi connectivity index (χ1) is 17.3. The van der Waals surface area contributed by atoms with Gasteiger partial charge in [0.1, 0.15) is 17.1 Å². The molecule has 3 aromatic heterocycles. The van der Waals surface area contributed by atoms with Gasteiger partial charge in [-0.2, -0.15) is 0 Å². The van der Waals surface area contributed by atoms with E-state index >= 15 is 0 Å². The number of hydrogen-bond acceptors (Lipinski definition) is 8. The van der Waals surface area contributed by atoms with Gasteiger partial charge in [0.2, 0.25) is 0 Å². The van der Waals surface area contributed by atoms with Crippen LogP contribution in [0.2, 0.25) is 0 Å². The normalized spacial score (nSPS) is 17.4. The quantitative estimate of drug-likeness (QED) is 0.510. The van der Waals surface area contributed by atoms with Crippen molar-refractivity contribution in [1.82, 2.24) is 24.3 Å². The lowest BCUT2D eigenvalue weighted by molar-refractivity contribution is 0.0240. The van der Waals surface area contributed by atoms with Gasteiger partial charge in [-0.3, -0.25) is 14.2 Å². The molecule has 0 bridgehead atoms. The second-order valence-corrected chi connectivity index (χ2v) is 10.3.